The molecule has 82 valence electrons. The van der Waals surface area contributed by atoms with Gasteiger partial charge in [0, 0.05) is 15.8 Å². The lowest BCUT2D eigenvalue weighted by Crippen LogP contribution is -2.33. The lowest BCUT2D eigenvalue weighted by Gasteiger charge is -2.09. The molecule has 0 aliphatic heterocycles. The molecule has 0 spiro atoms. The van der Waals surface area contributed by atoms with E-state index in [9.17, 15) is 4.79 Å². The summed E-state index contributed by atoms with van der Waals surface area (Å²) in [5.74, 6) is -0.143. The predicted octanol–water partition coefficient (Wildman–Crippen LogP) is 1.75. The second kappa shape index (κ2) is 6.15. The van der Waals surface area contributed by atoms with Crippen LogP contribution in [-0.2, 0) is 16.1 Å². The fourth-order valence-electron chi connectivity index (χ4n) is 0.946. The van der Waals surface area contributed by atoms with Crippen LogP contribution in [0.1, 0.15) is 5.56 Å². The Hall–Kier alpha value is -0.520. The minimum Gasteiger partial charge on any atom is -0.460 e. The van der Waals surface area contributed by atoms with Gasteiger partial charge in [-0.05, 0) is 6.07 Å². The van der Waals surface area contributed by atoms with E-state index in [1.165, 1.54) is 0 Å². The molecule has 0 saturated carbocycles. The van der Waals surface area contributed by atoms with Crippen LogP contribution in [0.4, 0.5) is 0 Å². The number of thiol groups is 1. The number of carbonyl (C=O) groups is 1. The van der Waals surface area contributed by atoms with Gasteiger partial charge in [-0.2, -0.15) is 12.6 Å². The monoisotopic (exact) mass is 289 g/mol. The third kappa shape index (κ3) is 3.85. The first-order valence-corrected chi connectivity index (χ1v) is 5.84. The third-order valence-electron chi connectivity index (χ3n) is 1.83. The molecule has 15 heavy (non-hydrogen) atoms. The zero-order valence-electron chi connectivity index (χ0n) is 8.02. The Morgan fingerprint density at radius 3 is 2.80 bits per heavy atom. The highest BCUT2D eigenvalue weighted by atomic mass is 79.9. The van der Waals surface area contributed by atoms with Gasteiger partial charge in [0.15, 0.2) is 0 Å². The summed E-state index contributed by atoms with van der Waals surface area (Å²) in [5, 5.41) is 0. The van der Waals surface area contributed by atoms with Crippen molar-refractivity contribution in [2.24, 2.45) is 5.73 Å². The zero-order valence-corrected chi connectivity index (χ0v) is 10.5. The van der Waals surface area contributed by atoms with Gasteiger partial charge < -0.3 is 10.5 Å². The molecule has 3 nitrogen and oxygen atoms in total. The normalized spacial score (nSPS) is 12.2. The van der Waals surface area contributed by atoms with Crippen molar-refractivity contribution in [2.45, 2.75) is 12.6 Å². The van der Waals surface area contributed by atoms with Crippen molar-refractivity contribution >= 4 is 34.5 Å². The highest BCUT2D eigenvalue weighted by Gasteiger charge is 2.13. The van der Waals surface area contributed by atoms with E-state index >= 15 is 0 Å². The number of rotatable bonds is 4. The van der Waals surface area contributed by atoms with Gasteiger partial charge in [0.25, 0.3) is 0 Å². The molecule has 1 aromatic carbocycles. The maximum atomic E-state index is 11.2. The molecule has 0 aliphatic rings. The van der Waals surface area contributed by atoms with E-state index in [-0.39, 0.29) is 12.4 Å². The van der Waals surface area contributed by atoms with Crippen LogP contribution in [0.25, 0.3) is 0 Å². The Balaban J connectivity index is 2.51. The fourth-order valence-corrected chi connectivity index (χ4v) is 1.49. The highest BCUT2D eigenvalue weighted by molar-refractivity contribution is 9.10. The summed E-state index contributed by atoms with van der Waals surface area (Å²) in [5.41, 5.74) is 6.37. The van der Waals surface area contributed by atoms with Gasteiger partial charge in [-0.3, -0.25) is 4.79 Å². The van der Waals surface area contributed by atoms with Crippen LogP contribution < -0.4 is 5.73 Å². The summed E-state index contributed by atoms with van der Waals surface area (Å²) in [6.45, 7) is 0.224. The van der Waals surface area contributed by atoms with Crippen molar-refractivity contribution in [3.63, 3.8) is 0 Å². The van der Waals surface area contributed by atoms with Gasteiger partial charge in [-0.15, -0.1) is 0 Å². The average molecular weight is 290 g/mol. The topological polar surface area (TPSA) is 52.3 Å². The number of hydrogen-bond donors (Lipinski definition) is 2. The smallest absolute Gasteiger partial charge is 0.324 e. The predicted molar refractivity (Wildman–Crippen MR) is 65.8 cm³/mol. The van der Waals surface area contributed by atoms with Crippen LogP contribution in [-0.4, -0.2) is 17.8 Å². The molecule has 0 radical (unpaired) electrons. The maximum absolute atomic E-state index is 11.2. The molecule has 0 unspecified atom stereocenters. The van der Waals surface area contributed by atoms with Gasteiger partial charge in [0.1, 0.15) is 12.6 Å². The van der Waals surface area contributed by atoms with Crippen LogP contribution in [0.2, 0.25) is 0 Å². The number of halogens is 1. The van der Waals surface area contributed by atoms with Crippen molar-refractivity contribution in [3.8, 4) is 0 Å². The number of hydrogen-bond acceptors (Lipinski definition) is 4. The summed E-state index contributed by atoms with van der Waals surface area (Å²) in [4.78, 5) is 11.2. The number of benzene rings is 1. The molecule has 5 heteroatoms. The average Bonchev–Trinajstić information content (AvgIpc) is 2.26. The van der Waals surface area contributed by atoms with Crippen molar-refractivity contribution < 1.29 is 9.53 Å². The maximum Gasteiger partial charge on any atom is 0.324 e. The van der Waals surface area contributed by atoms with Crippen molar-refractivity contribution in [3.05, 3.63) is 34.3 Å². The zero-order chi connectivity index (χ0) is 11.3. The lowest BCUT2D eigenvalue weighted by molar-refractivity contribution is -0.145. The minimum atomic E-state index is -0.657. The molecule has 0 heterocycles. The second-order valence-electron chi connectivity index (χ2n) is 2.99. The first-order valence-electron chi connectivity index (χ1n) is 4.41. The Morgan fingerprint density at radius 1 is 1.53 bits per heavy atom. The number of esters is 1. The van der Waals surface area contributed by atoms with E-state index in [0.717, 1.165) is 10.0 Å². The fraction of sp³-hybridized carbons (Fsp3) is 0.300. The van der Waals surface area contributed by atoms with Crippen LogP contribution in [0.15, 0.2) is 28.7 Å². The minimum absolute atomic E-state index is 0.224. The molecule has 2 N–H and O–H groups in total. The molecule has 1 atom stereocenters. The van der Waals surface area contributed by atoms with Gasteiger partial charge in [0.05, 0.1) is 0 Å². The van der Waals surface area contributed by atoms with Crippen LogP contribution >= 0.6 is 28.6 Å². The number of ether oxygens (including phenoxy) is 1. The van der Waals surface area contributed by atoms with E-state index in [1.807, 2.05) is 24.3 Å². The van der Waals surface area contributed by atoms with Crippen LogP contribution in [0.5, 0.6) is 0 Å². The van der Waals surface area contributed by atoms with Crippen molar-refractivity contribution in [2.75, 3.05) is 5.75 Å². The van der Waals surface area contributed by atoms with Gasteiger partial charge in [-0.25, -0.2) is 0 Å². The second-order valence-corrected chi connectivity index (χ2v) is 4.21. The molecule has 0 bridgehead atoms. The molecule has 0 fully saturated rings. The molecule has 0 aliphatic carbocycles. The molecule has 1 rings (SSSR count). The molecule has 0 amide bonds. The van der Waals surface area contributed by atoms with E-state index in [4.69, 9.17) is 10.5 Å². The first-order chi connectivity index (χ1) is 7.15. The summed E-state index contributed by atoms with van der Waals surface area (Å²) in [6, 6.07) is 6.89. The molecule has 0 aromatic heterocycles. The van der Waals surface area contributed by atoms with E-state index in [2.05, 4.69) is 28.6 Å². The Bertz CT molecular complexity index is 346. The molecule has 0 saturated heterocycles. The molecular weight excluding hydrogens is 278 g/mol. The van der Waals surface area contributed by atoms with Crippen molar-refractivity contribution in [1.29, 1.82) is 0 Å². The van der Waals surface area contributed by atoms with Crippen LogP contribution in [0.3, 0.4) is 0 Å². The van der Waals surface area contributed by atoms with E-state index in [0.29, 0.717) is 0 Å². The highest BCUT2D eigenvalue weighted by Crippen LogP contribution is 2.16. The summed E-state index contributed by atoms with van der Waals surface area (Å²) in [7, 11) is 0. The van der Waals surface area contributed by atoms with Gasteiger partial charge in [0.2, 0.25) is 0 Å². The standard InChI is InChI=1S/C10H12BrNO2S/c11-8-4-2-1-3-7(8)5-14-10(13)9(12)6-15/h1-4,9,15H,5-6,12H2/t9-/m1/s1. The quantitative estimate of drug-likeness (QED) is 0.656. The van der Waals surface area contributed by atoms with E-state index < -0.39 is 12.0 Å². The van der Waals surface area contributed by atoms with Gasteiger partial charge >= 0.3 is 5.97 Å². The van der Waals surface area contributed by atoms with E-state index in [1.54, 1.807) is 0 Å². The van der Waals surface area contributed by atoms with Crippen LogP contribution in [0, 0.1) is 0 Å². The lowest BCUT2D eigenvalue weighted by atomic mass is 10.2. The molecule has 1 aromatic rings. The summed E-state index contributed by atoms with van der Waals surface area (Å²) in [6.07, 6.45) is 0. The summed E-state index contributed by atoms with van der Waals surface area (Å²) < 4.78 is 5.93. The van der Waals surface area contributed by atoms with Crippen molar-refractivity contribution in [1.82, 2.24) is 0 Å². The third-order valence-corrected chi connectivity index (χ3v) is 2.99. The molecular formula is C10H12BrNO2S. The van der Waals surface area contributed by atoms with Gasteiger partial charge in [-0.1, -0.05) is 34.1 Å². The Labute approximate surface area is 103 Å². The Kier molecular flexibility index (Phi) is 5.14. The Morgan fingerprint density at radius 2 is 2.20 bits per heavy atom. The SMILES string of the molecule is N[C@H](CS)C(=O)OCc1ccccc1Br. The first kappa shape index (κ1) is 12.5. The summed E-state index contributed by atoms with van der Waals surface area (Å²) >= 11 is 7.28. The largest absolute Gasteiger partial charge is 0.460 e. The number of nitrogens with two attached hydrogens (primary N) is 1. The number of carbonyl (C=O) groups excluding carboxylic acids is 1.